The van der Waals surface area contributed by atoms with Gasteiger partial charge in [-0.3, -0.25) is 9.59 Å². The molecular formula is C19H17FN4O2. The van der Waals surface area contributed by atoms with Gasteiger partial charge in [-0.05, 0) is 37.3 Å². The maximum atomic E-state index is 12.8. The number of aryl methyl sites for hydroxylation is 1. The van der Waals surface area contributed by atoms with Crippen molar-refractivity contribution in [3.63, 3.8) is 0 Å². The van der Waals surface area contributed by atoms with Crippen LogP contribution >= 0.6 is 0 Å². The summed E-state index contributed by atoms with van der Waals surface area (Å²) >= 11 is 0. The summed E-state index contributed by atoms with van der Waals surface area (Å²) in [5, 5.41) is 7.40. The number of rotatable bonds is 5. The van der Waals surface area contributed by atoms with Crippen molar-refractivity contribution in [1.82, 2.24) is 15.7 Å². The quantitative estimate of drug-likeness (QED) is 0.487. The summed E-state index contributed by atoms with van der Waals surface area (Å²) in [7, 11) is 0. The first kappa shape index (κ1) is 17.3. The highest BCUT2D eigenvalue weighted by Gasteiger charge is 2.08. The lowest BCUT2D eigenvalue weighted by Crippen LogP contribution is -2.34. The van der Waals surface area contributed by atoms with Crippen molar-refractivity contribution >= 4 is 28.9 Å². The molecule has 1 heterocycles. The van der Waals surface area contributed by atoms with Crippen molar-refractivity contribution in [1.29, 1.82) is 0 Å². The molecule has 0 fully saturated rings. The van der Waals surface area contributed by atoms with Crippen LogP contribution in [0.3, 0.4) is 0 Å². The fourth-order valence-corrected chi connectivity index (χ4v) is 2.54. The summed E-state index contributed by atoms with van der Waals surface area (Å²) in [5.41, 5.74) is 5.46. The topological polar surface area (TPSA) is 86.3 Å². The molecule has 3 aromatic rings. The van der Waals surface area contributed by atoms with Crippen LogP contribution in [0, 0.1) is 12.7 Å². The normalized spacial score (nSPS) is 11.0. The van der Waals surface area contributed by atoms with E-state index >= 15 is 0 Å². The second kappa shape index (κ2) is 7.60. The average Bonchev–Trinajstić information content (AvgIpc) is 2.96. The van der Waals surface area contributed by atoms with Gasteiger partial charge in [0.1, 0.15) is 5.82 Å². The smallest absolute Gasteiger partial charge is 0.259 e. The van der Waals surface area contributed by atoms with E-state index in [2.05, 4.69) is 20.8 Å². The predicted molar refractivity (Wildman–Crippen MR) is 97.5 cm³/mol. The Morgan fingerprint density at radius 2 is 1.88 bits per heavy atom. The van der Waals surface area contributed by atoms with Gasteiger partial charge in [-0.1, -0.05) is 18.2 Å². The van der Waals surface area contributed by atoms with E-state index in [0.717, 1.165) is 22.2 Å². The molecule has 0 unspecified atom stereocenters. The number of nitrogens with zero attached hydrogens (tertiary/aromatic N) is 1. The van der Waals surface area contributed by atoms with Crippen molar-refractivity contribution < 1.29 is 14.0 Å². The van der Waals surface area contributed by atoms with Gasteiger partial charge in [0.15, 0.2) is 0 Å². The summed E-state index contributed by atoms with van der Waals surface area (Å²) < 4.78 is 12.8. The van der Waals surface area contributed by atoms with Crippen LogP contribution in [-0.4, -0.2) is 29.6 Å². The number of fused-ring (bicyclic) bond motifs is 1. The lowest BCUT2D eigenvalue weighted by atomic mass is 10.1. The van der Waals surface area contributed by atoms with Gasteiger partial charge >= 0.3 is 0 Å². The average molecular weight is 352 g/mol. The Balaban J connectivity index is 1.55. The molecule has 7 heteroatoms. The molecule has 0 aliphatic heterocycles. The van der Waals surface area contributed by atoms with Crippen molar-refractivity contribution in [2.75, 3.05) is 6.54 Å². The number of H-pyrrole nitrogens is 1. The van der Waals surface area contributed by atoms with Crippen LogP contribution < -0.4 is 10.7 Å². The molecule has 6 nitrogen and oxygen atoms in total. The number of nitrogens with one attached hydrogen (secondary N) is 3. The number of para-hydroxylation sites is 1. The van der Waals surface area contributed by atoms with Gasteiger partial charge in [0, 0.05) is 27.7 Å². The Morgan fingerprint density at radius 1 is 1.15 bits per heavy atom. The number of aromatic amines is 1. The van der Waals surface area contributed by atoms with Gasteiger partial charge in [-0.2, -0.15) is 5.10 Å². The van der Waals surface area contributed by atoms with Crippen LogP contribution in [0.5, 0.6) is 0 Å². The number of benzene rings is 2. The Kier molecular flexibility index (Phi) is 5.07. The number of hydrazone groups is 1. The van der Waals surface area contributed by atoms with Gasteiger partial charge in [0.05, 0.1) is 12.8 Å². The first-order valence-electron chi connectivity index (χ1n) is 7.97. The van der Waals surface area contributed by atoms with Gasteiger partial charge in [-0.25, -0.2) is 9.82 Å². The molecule has 2 aromatic carbocycles. The van der Waals surface area contributed by atoms with Crippen molar-refractivity contribution in [2.24, 2.45) is 5.10 Å². The van der Waals surface area contributed by atoms with E-state index in [0.29, 0.717) is 0 Å². The number of amides is 2. The molecule has 0 aliphatic carbocycles. The Bertz CT molecular complexity index is 977. The highest BCUT2D eigenvalue weighted by Crippen LogP contribution is 2.19. The van der Waals surface area contributed by atoms with Crippen LogP contribution in [0.25, 0.3) is 10.9 Å². The predicted octanol–water partition coefficient (Wildman–Crippen LogP) is 2.50. The van der Waals surface area contributed by atoms with Crippen LogP contribution in [-0.2, 0) is 4.79 Å². The Hall–Kier alpha value is -3.48. The molecule has 3 N–H and O–H groups in total. The zero-order valence-electron chi connectivity index (χ0n) is 14.0. The maximum absolute atomic E-state index is 12.8. The molecule has 1 aromatic heterocycles. The Morgan fingerprint density at radius 3 is 2.65 bits per heavy atom. The summed E-state index contributed by atoms with van der Waals surface area (Å²) in [5.74, 6) is -1.35. The SMILES string of the molecule is Cc1[nH]c2ccccc2c1/C=N/NC(=O)CNC(=O)c1ccc(F)cc1. The number of carbonyl (C=O) groups is 2. The molecule has 0 bridgehead atoms. The minimum atomic E-state index is -0.464. The molecule has 0 saturated heterocycles. The number of halogens is 1. The molecule has 0 spiro atoms. The van der Waals surface area contributed by atoms with Gasteiger partial charge in [-0.15, -0.1) is 0 Å². The standard InChI is InChI=1S/C19H17FN4O2/c1-12-16(15-4-2-3-5-17(15)23-12)10-22-24-18(25)11-21-19(26)13-6-8-14(20)9-7-13/h2-10,23H,11H2,1H3,(H,21,26)(H,24,25)/b22-10+. The minimum Gasteiger partial charge on any atom is -0.358 e. The second-order valence-electron chi connectivity index (χ2n) is 5.69. The molecule has 2 amide bonds. The highest BCUT2D eigenvalue weighted by atomic mass is 19.1. The number of aromatic nitrogens is 1. The number of hydrogen-bond donors (Lipinski definition) is 3. The van der Waals surface area contributed by atoms with Crippen molar-refractivity contribution in [3.8, 4) is 0 Å². The zero-order chi connectivity index (χ0) is 18.5. The van der Waals surface area contributed by atoms with Crippen molar-refractivity contribution in [2.45, 2.75) is 6.92 Å². The van der Waals surface area contributed by atoms with Gasteiger partial charge < -0.3 is 10.3 Å². The largest absolute Gasteiger partial charge is 0.358 e. The molecule has 3 rings (SSSR count). The molecule has 26 heavy (non-hydrogen) atoms. The molecule has 0 aliphatic rings. The first-order chi connectivity index (χ1) is 12.5. The van der Waals surface area contributed by atoms with E-state index < -0.39 is 17.6 Å². The lowest BCUT2D eigenvalue weighted by Gasteiger charge is -2.04. The summed E-state index contributed by atoms with van der Waals surface area (Å²) in [6, 6.07) is 12.8. The summed E-state index contributed by atoms with van der Waals surface area (Å²) in [6.07, 6.45) is 1.56. The minimum absolute atomic E-state index is 0.236. The first-order valence-corrected chi connectivity index (χ1v) is 7.97. The fraction of sp³-hybridized carbons (Fsp3) is 0.105. The lowest BCUT2D eigenvalue weighted by molar-refractivity contribution is -0.120. The molecule has 0 radical (unpaired) electrons. The third-order valence-corrected chi connectivity index (χ3v) is 3.84. The molecule has 0 saturated carbocycles. The van der Waals surface area contributed by atoms with Crippen LogP contribution in [0.4, 0.5) is 4.39 Å². The van der Waals surface area contributed by atoms with E-state index in [4.69, 9.17) is 0 Å². The van der Waals surface area contributed by atoms with Crippen LogP contribution in [0.2, 0.25) is 0 Å². The van der Waals surface area contributed by atoms with Crippen LogP contribution in [0.1, 0.15) is 21.6 Å². The maximum Gasteiger partial charge on any atom is 0.259 e. The van der Waals surface area contributed by atoms with Crippen molar-refractivity contribution in [3.05, 3.63) is 71.2 Å². The third-order valence-electron chi connectivity index (χ3n) is 3.84. The number of hydrogen-bond acceptors (Lipinski definition) is 3. The van der Waals surface area contributed by atoms with Gasteiger partial charge in [0.2, 0.25) is 0 Å². The molecular weight excluding hydrogens is 335 g/mol. The molecule has 0 atom stereocenters. The van der Waals surface area contributed by atoms with E-state index in [1.54, 1.807) is 6.21 Å². The summed E-state index contributed by atoms with van der Waals surface area (Å²) in [6.45, 7) is 1.69. The molecule has 132 valence electrons. The Labute approximate surface area is 149 Å². The summed E-state index contributed by atoms with van der Waals surface area (Å²) in [4.78, 5) is 26.9. The second-order valence-corrected chi connectivity index (χ2v) is 5.69. The highest BCUT2D eigenvalue weighted by molar-refractivity contribution is 6.01. The van der Waals surface area contributed by atoms with E-state index in [9.17, 15) is 14.0 Å². The zero-order valence-corrected chi connectivity index (χ0v) is 14.0. The van der Waals surface area contributed by atoms with E-state index in [1.807, 2.05) is 31.2 Å². The van der Waals surface area contributed by atoms with Gasteiger partial charge in [0.25, 0.3) is 11.8 Å². The third kappa shape index (κ3) is 3.94. The fourth-order valence-electron chi connectivity index (χ4n) is 2.54. The monoisotopic (exact) mass is 352 g/mol. The van der Waals surface area contributed by atoms with Crippen LogP contribution in [0.15, 0.2) is 53.6 Å². The van der Waals surface area contributed by atoms with E-state index in [-0.39, 0.29) is 12.1 Å². The number of carbonyl (C=O) groups excluding carboxylic acids is 2. The van der Waals surface area contributed by atoms with E-state index in [1.165, 1.54) is 24.3 Å².